The Labute approximate surface area is 122 Å². The number of aliphatic hydroxyl groups is 1. The van der Waals surface area contributed by atoms with E-state index in [4.69, 9.17) is 4.74 Å². The Hall–Kier alpha value is -1.52. The van der Waals surface area contributed by atoms with Crippen LogP contribution >= 0.6 is 11.8 Å². The monoisotopic (exact) mass is 292 g/mol. The molecule has 1 atom stereocenters. The Balaban J connectivity index is 1.82. The number of hydrogen-bond acceptors (Lipinski definition) is 3. The van der Waals surface area contributed by atoms with Gasteiger partial charge in [-0.15, -0.1) is 11.8 Å². The van der Waals surface area contributed by atoms with Gasteiger partial charge in [-0.2, -0.15) is 0 Å². The van der Waals surface area contributed by atoms with Crippen molar-refractivity contribution in [2.75, 3.05) is 12.4 Å². The topological polar surface area (TPSA) is 29.5 Å². The summed E-state index contributed by atoms with van der Waals surface area (Å²) in [6.07, 6.45) is -0.674. The van der Waals surface area contributed by atoms with E-state index >= 15 is 0 Å². The molecule has 0 amide bonds. The van der Waals surface area contributed by atoms with E-state index in [0.717, 1.165) is 5.75 Å². The van der Waals surface area contributed by atoms with Gasteiger partial charge in [-0.3, -0.25) is 0 Å². The summed E-state index contributed by atoms with van der Waals surface area (Å²) in [7, 11) is 0. The van der Waals surface area contributed by atoms with Crippen LogP contribution in [0.4, 0.5) is 4.39 Å². The summed E-state index contributed by atoms with van der Waals surface area (Å²) >= 11 is 1.67. The van der Waals surface area contributed by atoms with E-state index in [1.54, 1.807) is 30.8 Å². The molecule has 2 aromatic carbocycles. The summed E-state index contributed by atoms with van der Waals surface area (Å²) in [6.45, 7) is 2.04. The minimum absolute atomic E-state index is 0.225. The summed E-state index contributed by atoms with van der Waals surface area (Å²) < 4.78 is 19.1. The summed E-state index contributed by atoms with van der Waals surface area (Å²) in [4.78, 5) is 1.17. The van der Waals surface area contributed by atoms with Crippen LogP contribution < -0.4 is 4.74 Å². The van der Waals surface area contributed by atoms with Crippen molar-refractivity contribution >= 4 is 11.8 Å². The van der Waals surface area contributed by atoms with Crippen LogP contribution in [0.15, 0.2) is 53.4 Å². The quantitative estimate of drug-likeness (QED) is 0.643. The van der Waals surface area contributed by atoms with Crippen molar-refractivity contribution in [1.29, 1.82) is 0 Å². The van der Waals surface area contributed by atoms with Gasteiger partial charge in [0.15, 0.2) is 11.6 Å². The largest absolute Gasteiger partial charge is 0.490 e. The molecule has 0 radical (unpaired) electrons. The highest BCUT2D eigenvalue weighted by atomic mass is 32.2. The number of aliphatic hydroxyl groups excluding tert-OH is 1. The van der Waals surface area contributed by atoms with Crippen molar-refractivity contribution in [3.63, 3.8) is 0 Å². The molecule has 0 fully saturated rings. The summed E-state index contributed by atoms with van der Waals surface area (Å²) in [5.74, 6) is 0.540. The van der Waals surface area contributed by atoms with Crippen LogP contribution in [0.2, 0.25) is 0 Å². The normalized spacial score (nSPS) is 12.2. The Morgan fingerprint density at radius 1 is 1.20 bits per heavy atom. The van der Waals surface area contributed by atoms with Gasteiger partial charge in [-0.25, -0.2) is 4.39 Å². The molecule has 0 saturated heterocycles. The average molecular weight is 292 g/mol. The zero-order valence-corrected chi connectivity index (χ0v) is 12.1. The molecular weight excluding hydrogens is 275 g/mol. The highest BCUT2D eigenvalue weighted by Gasteiger charge is 2.07. The zero-order valence-electron chi connectivity index (χ0n) is 11.3. The molecule has 0 aliphatic rings. The summed E-state index contributed by atoms with van der Waals surface area (Å²) in [6, 6.07) is 14.5. The second-order valence-corrected chi connectivity index (χ2v) is 5.54. The van der Waals surface area contributed by atoms with Crippen LogP contribution in [0, 0.1) is 5.82 Å². The first-order chi connectivity index (χ1) is 9.66. The Morgan fingerprint density at radius 2 is 1.95 bits per heavy atom. The fourth-order valence-corrected chi connectivity index (χ4v) is 2.47. The molecule has 2 rings (SSSR count). The van der Waals surface area contributed by atoms with E-state index < -0.39 is 11.9 Å². The minimum atomic E-state index is -0.674. The predicted molar refractivity (Wildman–Crippen MR) is 79.7 cm³/mol. The highest BCUT2D eigenvalue weighted by Crippen LogP contribution is 2.23. The van der Waals surface area contributed by atoms with Crippen molar-refractivity contribution in [2.45, 2.75) is 17.9 Å². The summed E-state index contributed by atoms with van der Waals surface area (Å²) in [5, 5.41) is 9.37. The third kappa shape index (κ3) is 4.25. The first-order valence-corrected chi connectivity index (χ1v) is 7.43. The van der Waals surface area contributed by atoms with E-state index in [1.807, 2.05) is 30.3 Å². The van der Waals surface area contributed by atoms with Crippen molar-refractivity contribution in [3.8, 4) is 5.75 Å². The van der Waals surface area contributed by atoms with Crippen molar-refractivity contribution in [2.24, 2.45) is 0 Å². The number of benzene rings is 2. The molecule has 0 bridgehead atoms. The summed E-state index contributed by atoms with van der Waals surface area (Å²) in [5.41, 5.74) is 0.550. The molecule has 4 heteroatoms. The van der Waals surface area contributed by atoms with Crippen LogP contribution in [-0.2, 0) is 0 Å². The van der Waals surface area contributed by atoms with Crippen LogP contribution in [0.5, 0.6) is 5.75 Å². The minimum Gasteiger partial charge on any atom is -0.490 e. The van der Waals surface area contributed by atoms with Gasteiger partial charge in [-0.05, 0) is 36.8 Å². The lowest BCUT2D eigenvalue weighted by Gasteiger charge is -2.10. The Morgan fingerprint density at radius 3 is 2.60 bits per heavy atom. The molecule has 2 nitrogen and oxygen atoms in total. The molecule has 1 unspecified atom stereocenters. The fraction of sp³-hybridized carbons (Fsp3) is 0.250. The zero-order chi connectivity index (χ0) is 14.4. The van der Waals surface area contributed by atoms with Gasteiger partial charge in [0.05, 0.1) is 12.7 Å². The number of rotatable bonds is 6. The Bertz CT molecular complexity index is 543. The molecule has 106 valence electrons. The first kappa shape index (κ1) is 14.9. The second-order valence-electron chi connectivity index (χ2n) is 4.38. The van der Waals surface area contributed by atoms with Crippen LogP contribution in [0.3, 0.4) is 0 Å². The number of hydrogen-bond donors (Lipinski definition) is 1. The molecular formula is C16H17FO2S. The molecule has 0 aliphatic heterocycles. The lowest BCUT2D eigenvalue weighted by atomic mass is 10.1. The molecule has 2 aromatic rings. The first-order valence-electron chi connectivity index (χ1n) is 6.45. The van der Waals surface area contributed by atoms with Crippen LogP contribution in [0.25, 0.3) is 0 Å². The van der Waals surface area contributed by atoms with Crippen molar-refractivity contribution in [1.82, 2.24) is 0 Å². The molecule has 1 N–H and O–H groups in total. The molecule has 0 heterocycles. The van der Waals surface area contributed by atoms with E-state index in [9.17, 15) is 9.50 Å². The fourth-order valence-electron chi connectivity index (χ4n) is 1.72. The van der Waals surface area contributed by atoms with Gasteiger partial charge in [0.2, 0.25) is 0 Å². The van der Waals surface area contributed by atoms with Crippen LogP contribution in [-0.4, -0.2) is 17.5 Å². The maximum absolute atomic E-state index is 13.7. The lowest BCUT2D eigenvalue weighted by molar-refractivity contribution is 0.198. The Kier molecular flexibility index (Phi) is 5.44. The highest BCUT2D eigenvalue weighted by molar-refractivity contribution is 7.99. The molecule has 0 spiro atoms. The SMILES string of the molecule is CC(O)c1ccc(OCCSc2ccccc2)c(F)c1. The van der Waals surface area contributed by atoms with E-state index in [0.29, 0.717) is 12.2 Å². The molecule has 0 aromatic heterocycles. The van der Waals surface area contributed by atoms with Crippen molar-refractivity contribution < 1.29 is 14.2 Å². The molecule has 0 saturated carbocycles. The van der Waals surface area contributed by atoms with Gasteiger partial charge in [0.1, 0.15) is 0 Å². The second kappa shape index (κ2) is 7.31. The standard InChI is InChI=1S/C16H17FO2S/c1-12(18)13-7-8-16(15(17)11-13)19-9-10-20-14-5-3-2-4-6-14/h2-8,11-12,18H,9-10H2,1H3. The number of halogens is 1. The smallest absolute Gasteiger partial charge is 0.165 e. The maximum atomic E-state index is 13.7. The molecule has 0 aliphatic carbocycles. The predicted octanol–water partition coefficient (Wildman–Crippen LogP) is 4.05. The maximum Gasteiger partial charge on any atom is 0.165 e. The van der Waals surface area contributed by atoms with Gasteiger partial charge < -0.3 is 9.84 Å². The van der Waals surface area contributed by atoms with Crippen LogP contribution in [0.1, 0.15) is 18.6 Å². The van der Waals surface area contributed by atoms with Gasteiger partial charge >= 0.3 is 0 Å². The number of thioether (sulfide) groups is 1. The van der Waals surface area contributed by atoms with Gasteiger partial charge in [-0.1, -0.05) is 24.3 Å². The van der Waals surface area contributed by atoms with Gasteiger partial charge in [0.25, 0.3) is 0 Å². The third-order valence-electron chi connectivity index (χ3n) is 2.79. The average Bonchev–Trinajstić information content (AvgIpc) is 2.46. The number of ether oxygens (including phenoxy) is 1. The lowest BCUT2D eigenvalue weighted by Crippen LogP contribution is -2.02. The van der Waals surface area contributed by atoms with E-state index in [-0.39, 0.29) is 5.75 Å². The molecule has 20 heavy (non-hydrogen) atoms. The van der Waals surface area contributed by atoms with Crippen molar-refractivity contribution in [3.05, 3.63) is 59.9 Å². The van der Waals surface area contributed by atoms with E-state index in [1.165, 1.54) is 11.0 Å². The van der Waals surface area contributed by atoms with E-state index in [2.05, 4.69) is 0 Å². The third-order valence-corrected chi connectivity index (χ3v) is 3.77. The van der Waals surface area contributed by atoms with Gasteiger partial charge in [0, 0.05) is 10.6 Å².